The van der Waals surface area contributed by atoms with Crippen LogP contribution in [0.5, 0.6) is 0 Å². The molecular weight excluding hydrogens is 411 g/mol. The summed E-state index contributed by atoms with van der Waals surface area (Å²) >= 11 is 0. The molecule has 3 aromatic rings. The number of aromatic nitrogens is 4. The number of hydrogen-bond acceptors (Lipinski definition) is 2. The molecule has 5 rings (SSSR count). The van der Waals surface area contributed by atoms with Crippen molar-refractivity contribution in [3.05, 3.63) is 71.3 Å². The van der Waals surface area contributed by atoms with Crippen LogP contribution in [0.4, 0.5) is 0 Å². The summed E-state index contributed by atoms with van der Waals surface area (Å²) in [5.41, 5.74) is 7.86. The summed E-state index contributed by atoms with van der Waals surface area (Å²) in [4.78, 5) is 16.0. The minimum absolute atomic E-state index is 0. The van der Waals surface area contributed by atoms with Gasteiger partial charge in [-0.3, -0.25) is 0 Å². The van der Waals surface area contributed by atoms with Gasteiger partial charge in [0.25, 0.3) is 0 Å². The zero-order valence-corrected chi connectivity index (χ0v) is 16.7. The average molecular weight is 425 g/mol. The van der Waals surface area contributed by atoms with E-state index in [0.717, 1.165) is 44.8 Å². The van der Waals surface area contributed by atoms with Gasteiger partial charge in [-0.25, -0.2) is 9.97 Å². The molecule has 0 aliphatic carbocycles. The van der Waals surface area contributed by atoms with Crippen LogP contribution in [0.15, 0.2) is 48.5 Å². The number of nitrogens with zero attached hydrogens (tertiary/aromatic N) is 2. The minimum atomic E-state index is 0. The minimum Gasteiger partial charge on any atom is -0.355 e. The van der Waals surface area contributed by atoms with Crippen LogP contribution in [-0.2, 0) is 0 Å². The predicted molar refractivity (Wildman–Crippen MR) is 105 cm³/mol. The molecule has 2 aliphatic rings. The Hall–Kier alpha value is -2.53. The van der Waals surface area contributed by atoms with E-state index in [1.807, 2.05) is 42.5 Å². The van der Waals surface area contributed by atoms with E-state index >= 15 is 0 Å². The van der Waals surface area contributed by atoms with Gasteiger partial charge < -0.3 is 9.97 Å². The second-order valence-electron chi connectivity index (χ2n) is 5.91. The fourth-order valence-electron chi connectivity index (χ4n) is 2.94. The molecule has 8 bridgehead atoms. The average Bonchev–Trinajstić information content (AvgIpc) is 3.32. The molecule has 0 atom stereocenters. The third kappa shape index (κ3) is 3.33. The molecule has 0 aromatic carbocycles. The van der Waals surface area contributed by atoms with Crippen molar-refractivity contribution in [3.63, 3.8) is 0 Å². The van der Waals surface area contributed by atoms with Crippen LogP contribution in [0.3, 0.4) is 0 Å². The Balaban J connectivity index is 0.00000157. The van der Waals surface area contributed by atoms with Crippen LogP contribution in [-0.4, -0.2) is 45.8 Å². The molecule has 2 aliphatic heterocycles. The van der Waals surface area contributed by atoms with Crippen LogP contribution in [0.2, 0.25) is 0 Å². The molecule has 0 saturated heterocycles. The first-order valence-electron chi connectivity index (χ1n) is 7.85. The van der Waals surface area contributed by atoms with Crippen molar-refractivity contribution in [2.45, 2.75) is 0 Å². The van der Waals surface area contributed by atoms with E-state index in [9.17, 15) is 0 Å². The fourth-order valence-corrected chi connectivity index (χ4v) is 2.94. The van der Waals surface area contributed by atoms with E-state index in [-0.39, 0.29) is 25.8 Å². The summed E-state index contributed by atoms with van der Waals surface area (Å²) in [5.74, 6) is 0. The summed E-state index contributed by atoms with van der Waals surface area (Å²) in [7, 11) is 0. The molecule has 0 radical (unpaired) electrons. The molecular formula is C20H14InN4+3. The van der Waals surface area contributed by atoms with Crippen molar-refractivity contribution in [2.75, 3.05) is 0 Å². The summed E-state index contributed by atoms with van der Waals surface area (Å²) in [6, 6.07) is 16.4. The first-order valence-corrected chi connectivity index (χ1v) is 7.85. The summed E-state index contributed by atoms with van der Waals surface area (Å²) in [6.45, 7) is 0. The maximum atomic E-state index is 4.62. The van der Waals surface area contributed by atoms with Crippen LogP contribution in [0, 0.1) is 0 Å². The third-order valence-electron chi connectivity index (χ3n) is 4.04. The fraction of sp³-hybridized carbons (Fsp3) is 0. The molecule has 0 unspecified atom stereocenters. The third-order valence-corrected chi connectivity index (χ3v) is 4.04. The maximum absolute atomic E-state index is 4.62. The van der Waals surface area contributed by atoms with Crippen LogP contribution >= 0.6 is 0 Å². The van der Waals surface area contributed by atoms with Gasteiger partial charge in [-0.1, -0.05) is 0 Å². The smallest absolute Gasteiger partial charge is 0.355 e. The van der Waals surface area contributed by atoms with E-state index in [0.29, 0.717) is 0 Å². The Morgan fingerprint density at radius 1 is 0.480 bits per heavy atom. The topological polar surface area (TPSA) is 57.4 Å². The molecule has 0 amide bonds. The molecule has 114 valence electrons. The molecule has 2 N–H and O–H groups in total. The zero-order valence-electron chi connectivity index (χ0n) is 13.4. The van der Waals surface area contributed by atoms with Gasteiger partial charge in [0.2, 0.25) is 0 Å². The van der Waals surface area contributed by atoms with Gasteiger partial charge in [0.15, 0.2) is 0 Å². The van der Waals surface area contributed by atoms with Crippen molar-refractivity contribution in [3.8, 4) is 0 Å². The number of fused-ring (bicyclic) bond motifs is 8. The van der Waals surface area contributed by atoms with Crippen LogP contribution < -0.4 is 0 Å². The number of aromatic amines is 2. The Bertz CT molecular complexity index is 1080. The Morgan fingerprint density at radius 2 is 0.840 bits per heavy atom. The first kappa shape index (κ1) is 16.0. The normalized spacial score (nSPS) is 12.2. The Labute approximate surface area is 163 Å². The van der Waals surface area contributed by atoms with Gasteiger partial charge >= 0.3 is 25.8 Å². The van der Waals surface area contributed by atoms with E-state index in [4.69, 9.17) is 0 Å². The summed E-state index contributed by atoms with van der Waals surface area (Å²) < 4.78 is 0. The second kappa shape index (κ2) is 6.41. The van der Waals surface area contributed by atoms with Gasteiger partial charge in [0.05, 0.1) is 22.8 Å². The van der Waals surface area contributed by atoms with Crippen LogP contribution in [0.1, 0.15) is 22.8 Å². The molecule has 4 nitrogen and oxygen atoms in total. The summed E-state index contributed by atoms with van der Waals surface area (Å²) in [6.07, 6.45) is 8.05. The molecule has 3 aromatic heterocycles. The molecule has 25 heavy (non-hydrogen) atoms. The Morgan fingerprint density at radius 3 is 1.28 bits per heavy atom. The number of rotatable bonds is 0. The Kier molecular flexibility index (Phi) is 4.09. The van der Waals surface area contributed by atoms with E-state index in [1.165, 1.54) is 0 Å². The number of nitrogens with one attached hydrogen (secondary N) is 2. The van der Waals surface area contributed by atoms with Gasteiger partial charge in [-0.2, -0.15) is 0 Å². The quantitative estimate of drug-likeness (QED) is 0.389. The van der Waals surface area contributed by atoms with Crippen molar-refractivity contribution in [2.24, 2.45) is 0 Å². The largest absolute Gasteiger partial charge is 3.00 e. The maximum Gasteiger partial charge on any atom is 3.00 e. The van der Waals surface area contributed by atoms with E-state index < -0.39 is 0 Å². The van der Waals surface area contributed by atoms with Crippen molar-refractivity contribution in [1.82, 2.24) is 19.9 Å². The standard InChI is InChI=1S/C20H14N4.In/c1-2-14-10-16-5-6-18(23-16)12-20-8-7-19(24-20)11-17-4-3-15(22-17)9-13(1)21-14;/h1-12,21-22H;/q;+3. The van der Waals surface area contributed by atoms with Crippen LogP contribution in [0.25, 0.3) is 46.4 Å². The SMILES string of the molecule is C1=Cc2cc3ccc(cc4ccc(cc5nc(cc1n2)C=C5)[nH]4)[nH]3.[In+3]. The van der Waals surface area contributed by atoms with Crippen molar-refractivity contribution < 1.29 is 0 Å². The zero-order chi connectivity index (χ0) is 15.9. The molecule has 5 heteroatoms. The van der Waals surface area contributed by atoms with E-state index in [1.54, 1.807) is 0 Å². The molecule has 5 heterocycles. The van der Waals surface area contributed by atoms with Crippen molar-refractivity contribution >= 4 is 72.2 Å². The predicted octanol–water partition coefficient (Wildman–Crippen LogP) is 4.27. The summed E-state index contributed by atoms with van der Waals surface area (Å²) in [5, 5.41) is 0. The molecule has 0 fully saturated rings. The number of hydrogen-bond donors (Lipinski definition) is 2. The van der Waals surface area contributed by atoms with Gasteiger partial charge in [-0.15, -0.1) is 0 Å². The molecule has 0 spiro atoms. The van der Waals surface area contributed by atoms with Crippen molar-refractivity contribution in [1.29, 1.82) is 0 Å². The van der Waals surface area contributed by atoms with Gasteiger partial charge in [-0.05, 0) is 72.8 Å². The molecule has 0 saturated carbocycles. The van der Waals surface area contributed by atoms with Gasteiger partial charge in [0.1, 0.15) is 0 Å². The van der Waals surface area contributed by atoms with Gasteiger partial charge in [0, 0.05) is 22.1 Å². The second-order valence-corrected chi connectivity index (χ2v) is 5.91. The van der Waals surface area contributed by atoms with E-state index in [2.05, 4.69) is 50.3 Å². The first-order chi connectivity index (χ1) is 11.8. The monoisotopic (exact) mass is 425 g/mol. The number of H-pyrrole nitrogens is 2.